The molecular formula is C25H19ClF3N3O6S. The number of esters is 2. The summed E-state index contributed by atoms with van der Waals surface area (Å²) in [5.74, 6) is -3.40. The molecule has 0 radical (unpaired) electrons. The summed E-state index contributed by atoms with van der Waals surface area (Å²) in [6, 6.07) is 10.4. The fourth-order valence-electron chi connectivity index (χ4n) is 3.24. The van der Waals surface area contributed by atoms with E-state index in [2.05, 4.69) is 15.5 Å². The minimum Gasteiger partial charge on any atom is -0.505 e. The van der Waals surface area contributed by atoms with Gasteiger partial charge in [0.05, 0.1) is 24.8 Å². The van der Waals surface area contributed by atoms with Gasteiger partial charge in [-0.05, 0) is 30.7 Å². The smallest absolute Gasteiger partial charge is 0.417 e. The highest BCUT2D eigenvalue weighted by molar-refractivity contribution is 7.18. The molecule has 0 saturated carbocycles. The molecule has 0 aliphatic heterocycles. The number of amides is 1. The van der Waals surface area contributed by atoms with E-state index in [1.54, 1.807) is 18.2 Å². The maximum absolute atomic E-state index is 13.3. The van der Waals surface area contributed by atoms with Gasteiger partial charge < -0.3 is 19.9 Å². The number of aliphatic hydroxyl groups excluding tert-OH is 1. The fourth-order valence-corrected chi connectivity index (χ4v) is 4.50. The first-order chi connectivity index (χ1) is 18.4. The van der Waals surface area contributed by atoms with Gasteiger partial charge in [-0.25, -0.2) is 9.59 Å². The zero-order chi connectivity index (χ0) is 28.9. The monoisotopic (exact) mass is 581 g/mol. The van der Waals surface area contributed by atoms with Crippen LogP contribution in [0.3, 0.4) is 0 Å². The molecule has 2 N–H and O–H groups in total. The van der Waals surface area contributed by atoms with Crippen molar-refractivity contribution in [3.63, 3.8) is 0 Å². The predicted octanol–water partition coefficient (Wildman–Crippen LogP) is 6.95. The van der Waals surface area contributed by atoms with E-state index in [-0.39, 0.29) is 32.3 Å². The zero-order valence-corrected chi connectivity index (χ0v) is 22.0. The number of alkyl halides is 3. The van der Waals surface area contributed by atoms with E-state index in [1.807, 2.05) is 0 Å². The Balaban J connectivity index is 2.11. The minimum absolute atomic E-state index is 0.0231. The van der Waals surface area contributed by atoms with Gasteiger partial charge in [-0.15, -0.1) is 21.6 Å². The summed E-state index contributed by atoms with van der Waals surface area (Å²) in [7, 11) is 2.25. The molecule has 0 spiro atoms. The van der Waals surface area contributed by atoms with Crippen molar-refractivity contribution in [1.29, 1.82) is 0 Å². The van der Waals surface area contributed by atoms with E-state index >= 15 is 0 Å². The molecule has 14 heteroatoms. The van der Waals surface area contributed by atoms with Gasteiger partial charge >= 0.3 is 18.1 Å². The minimum atomic E-state index is -4.79. The standard InChI is InChI=1S/C25H19ClF3N3O6S/c1-12-17(23(35)37-2)22(39-20(12)24(36)38-3)32-31-18(19(33)13-7-5-4-6-8-13)21(34)30-14-9-10-16(26)15(11-14)25(27,28)29/h4-11,33H,1-3H3,(H,30,34)/b19-18-,32-31?. The van der Waals surface area contributed by atoms with E-state index < -0.39 is 46.1 Å². The van der Waals surface area contributed by atoms with Crippen LogP contribution < -0.4 is 5.32 Å². The topological polar surface area (TPSA) is 127 Å². The normalized spacial score (nSPS) is 12.2. The Labute approximate surface area is 228 Å². The van der Waals surface area contributed by atoms with Crippen LogP contribution >= 0.6 is 22.9 Å². The van der Waals surface area contributed by atoms with Gasteiger partial charge in [0.25, 0.3) is 5.91 Å². The molecule has 1 amide bonds. The third-order valence-electron chi connectivity index (χ3n) is 5.15. The Hall–Kier alpha value is -4.23. The number of benzene rings is 2. The second-order valence-electron chi connectivity index (χ2n) is 7.63. The Morgan fingerprint density at radius 3 is 2.26 bits per heavy atom. The van der Waals surface area contributed by atoms with E-state index in [4.69, 9.17) is 21.1 Å². The highest BCUT2D eigenvalue weighted by Crippen LogP contribution is 2.38. The molecule has 1 aromatic heterocycles. The lowest BCUT2D eigenvalue weighted by molar-refractivity contribution is -0.137. The number of thiophene rings is 1. The van der Waals surface area contributed by atoms with Gasteiger partial charge in [-0.3, -0.25) is 4.79 Å². The van der Waals surface area contributed by atoms with Crippen molar-refractivity contribution in [1.82, 2.24) is 0 Å². The molecule has 0 atom stereocenters. The van der Waals surface area contributed by atoms with Crippen molar-refractivity contribution in [2.75, 3.05) is 19.5 Å². The molecule has 0 aliphatic rings. The SMILES string of the molecule is COC(=O)c1sc(N=N/C(C(=O)Nc2ccc(Cl)c(C(F)(F)F)c2)=C(\O)c2ccccc2)c(C(=O)OC)c1C. The van der Waals surface area contributed by atoms with Crippen molar-refractivity contribution < 1.29 is 42.1 Å². The van der Waals surface area contributed by atoms with Crippen molar-refractivity contribution in [2.45, 2.75) is 13.1 Å². The molecule has 0 bridgehead atoms. The van der Waals surface area contributed by atoms with Crippen LogP contribution in [0.1, 0.15) is 36.7 Å². The van der Waals surface area contributed by atoms with Crippen molar-refractivity contribution >= 4 is 57.2 Å². The lowest BCUT2D eigenvalue weighted by Crippen LogP contribution is -2.16. The number of carbonyl (C=O) groups is 3. The summed E-state index contributed by atoms with van der Waals surface area (Å²) in [6.07, 6.45) is -4.79. The Bertz CT molecular complexity index is 1490. The molecule has 3 rings (SSSR count). The fraction of sp³-hybridized carbons (Fsp3) is 0.160. The molecule has 1 heterocycles. The number of ether oxygens (including phenoxy) is 2. The van der Waals surface area contributed by atoms with Crippen LogP contribution in [-0.4, -0.2) is 37.2 Å². The van der Waals surface area contributed by atoms with Crippen LogP contribution in [0.4, 0.5) is 23.9 Å². The van der Waals surface area contributed by atoms with Gasteiger partial charge in [0.15, 0.2) is 16.5 Å². The number of nitrogens with one attached hydrogen (secondary N) is 1. The lowest BCUT2D eigenvalue weighted by Gasteiger charge is -2.12. The van der Waals surface area contributed by atoms with E-state index in [0.29, 0.717) is 6.07 Å². The number of carbonyl (C=O) groups excluding carboxylic acids is 3. The molecule has 0 fully saturated rings. The summed E-state index contributed by atoms with van der Waals surface area (Å²) in [5.41, 5.74) is -1.98. The summed E-state index contributed by atoms with van der Waals surface area (Å²) in [5, 5.41) is 20.1. The third kappa shape index (κ3) is 6.62. The number of rotatable bonds is 7. The average molecular weight is 582 g/mol. The summed E-state index contributed by atoms with van der Waals surface area (Å²) >= 11 is 6.37. The Kier molecular flexibility index (Phi) is 9.09. The maximum atomic E-state index is 13.3. The van der Waals surface area contributed by atoms with Gasteiger partial charge in [-0.1, -0.05) is 41.9 Å². The van der Waals surface area contributed by atoms with Gasteiger partial charge in [0.2, 0.25) is 0 Å². The summed E-state index contributed by atoms with van der Waals surface area (Å²) in [4.78, 5) is 37.7. The van der Waals surface area contributed by atoms with E-state index in [0.717, 1.165) is 37.7 Å². The molecule has 39 heavy (non-hydrogen) atoms. The number of hydrogen-bond acceptors (Lipinski definition) is 9. The van der Waals surface area contributed by atoms with Gasteiger partial charge in [-0.2, -0.15) is 13.2 Å². The number of halogens is 4. The Morgan fingerprint density at radius 1 is 1.03 bits per heavy atom. The molecule has 2 aromatic carbocycles. The lowest BCUT2D eigenvalue weighted by atomic mass is 10.1. The van der Waals surface area contributed by atoms with Crippen LogP contribution in [0.2, 0.25) is 5.02 Å². The zero-order valence-electron chi connectivity index (χ0n) is 20.4. The molecule has 0 aliphatic carbocycles. The second-order valence-corrected chi connectivity index (χ2v) is 9.04. The van der Waals surface area contributed by atoms with Crippen LogP contribution in [0, 0.1) is 6.92 Å². The van der Waals surface area contributed by atoms with Crippen molar-refractivity contribution in [2.24, 2.45) is 10.2 Å². The van der Waals surface area contributed by atoms with Gasteiger partial charge in [0, 0.05) is 11.3 Å². The number of methoxy groups -OCH3 is 2. The second kappa shape index (κ2) is 12.1. The molecule has 3 aromatic rings. The third-order valence-corrected chi connectivity index (χ3v) is 6.63. The van der Waals surface area contributed by atoms with E-state index in [9.17, 15) is 32.7 Å². The molecule has 204 valence electrons. The molecule has 0 saturated heterocycles. The van der Waals surface area contributed by atoms with Crippen LogP contribution in [0.15, 0.2) is 64.5 Å². The van der Waals surface area contributed by atoms with Crippen LogP contribution in [0.5, 0.6) is 0 Å². The highest BCUT2D eigenvalue weighted by Gasteiger charge is 2.33. The molecule has 9 nitrogen and oxygen atoms in total. The quantitative estimate of drug-likeness (QED) is 0.134. The highest BCUT2D eigenvalue weighted by atomic mass is 35.5. The number of azo groups is 1. The first-order valence-electron chi connectivity index (χ1n) is 10.8. The summed E-state index contributed by atoms with van der Waals surface area (Å²) in [6.45, 7) is 1.46. The largest absolute Gasteiger partial charge is 0.505 e. The first-order valence-corrected chi connectivity index (χ1v) is 12.0. The number of anilines is 1. The van der Waals surface area contributed by atoms with Crippen LogP contribution in [-0.2, 0) is 20.4 Å². The molecule has 0 unspecified atom stereocenters. The molecular weight excluding hydrogens is 563 g/mol. The summed E-state index contributed by atoms with van der Waals surface area (Å²) < 4.78 is 49.3. The van der Waals surface area contributed by atoms with Crippen molar-refractivity contribution in [3.8, 4) is 0 Å². The van der Waals surface area contributed by atoms with Gasteiger partial charge in [0.1, 0.15) is 10.4 Å². The van der Waals surface area contributed by atoms with Crippen molar-refractivity contribution in [3.05, 3.63) is 86.4 Å². The Morgan fingerprint density at radius 2 is 1.67 bits per heavy atom. The average Bonchev–Trinajstić information content (AvgIpc) is 3.24. The first kappa shape index (κ1) is 29.3. The van der Waals surface area contributed by atoms with Crippen LogP contribution in [0.25, 0.3) is 5.76 Å². The number of hydrogen-bond donors (Lipinski definition) is 2. The van der Waals surface area contributed by atoms with E-state index in [1.165, 1.54) is 19.1 Å². The predicted molar refractivity (Wildman–Crippen MR) is 137 cm³/mol. The number of nitrogens with zero attached hydrogens (tertiary/aromatic N) is 2. The number of aliphatic hydroxyl groups is 1. The maximum Gasteiger partial charge on any atom is 0.417 e.